The Hall–Kier alpha value is -0.370. The molecule has 0 amide bonds. The van der Waals surface area contributed by atoms with Crippen molar-refractivity contribution in [1.82, 2.24) is 0 Å². The molecule has 0 radical (unpaired) electrons. The largest absolute Gasteiger partial charge is 0.207 e. The van der Waals surface area contributed by atoms with Crippen LogP contribution in [-0.2, 0) is 6.42 Å². The van der Waals surface area contributed by atoms with Crippen molar-refractivity contribution in [3.63, 3.8) is 0 Å². The highest BCUT2D eigenvalue weighted by atomic mass is 79.9. The lowest BCUT2D eigenvalue weighted by Crippen LogP contribution is -2.28. The minimum absolute atomic E-state index is 0.163. The molecule has 2 heteroatoms. The molecule has 1 aromatic rings. The van der Waals surface area contributed by atoms with Crippen molar-refractivity contribution in [2.45, 2.75) is 27.2 Å². The van der Waals surface area contributed by atoms with Crippen molar-refractivity contribution in [3.05, 3.63) is 35.6 Å². The molecule has 1 atom stereocenters. The third-order valence-electron chi connectivity index (χ3n) is 3.22. The van der Waals surface area contributed by atoms with Crippen LogP contribution in [0.25, 0.3) is 0 Å². The quantitative estimate of drug-likeness (QED) is 0.712. The van der Waals surface area contributed by atoms with Crippen LogP contribution in [0.2, 0.25) is 0 Å². The number of hydrogen-bond donors (Lipinski definition) is 0. The Bertz CT molecular complexity index is 305. The topological polar surface area (TPSA) is 0 Å². The van der Waals surface area contributed by atoms with E-state index in [9.17, 15) is 4.39 Å². The lowest BCUT2D eigenvalue weighted by molar-refractivity contribution is 0.258. The first kappa shape index (κ1) is 12.7. The Morgan fingerprint density at radius 3 is 2.20 bits per heavy atom. The van der Waals surface area contributed by atoms with Gasteiger partial charge in [-0.2, -0.15) is 0 Å². The van der Waals surface area contributed by atoms with Crippen molar-refractivity contribution >= 4 is 15.9 Å². The van der Waals surface area contributed by atoms with E-state index in [0.29, 0.717) is 5.92 Å². The van der Waals surface area contributed by atoms with Crippen LogP contribution in [0, 0.1) is 17.2 Å². The van der Waals surface area contributed by atoms with E-state index < -0.39 is 0 Å². The maximum atomic E-state index is 12.8. The second-order valence-electron chi connectivity index (χ2n) is 4.75. The van der Waals surface area contributed by atoms with Crippen LogP contribution in [0.1, 0.15) is 26.3 Å². The molecule has 15 heavy (non-hydrogen) atoms. The number of alkyl halides is 1. The fourth-order valence-electron chi connectivity index (χ4n) is 1.47. The zero-order chi connectivity index (χ0) is 11.5. The molecule has 84 valence electrons. The summed E-state index contributed by atoms with van der Waals surface area (Å²) in [5.41, 5.74) is 1.43. The second kappa shape index (κ2) is 5.11. The molecule has 0 saturated heterocycles. The van der Waals surface area contributed by atoms with Crippen LogP contribution in [0.5, 0.6) is 0 Å². The summed E-state index contributed by atoms with van der Waals surface area (Å²) in [6.07, 6.45) is 0.982. The number of halogens is 2. The van der Waals surface area contributed by atoms with Gasteiger partial charge in [0.2, 0.25) is 0 Å². The van der Waals surface area contributed by atoms with Gasteiger partial charge in [-0.1, -0.05) is 48.8 Å². The maximum Gasteiger partial charge on any atom is 0.123 e. The standard InChI is InChI=1S/C13H18BrF/c1-10(2)13(3,9-14)8-11-4-6-12(15)7-5-11/h4-7,10H,8-9H2,1-3H3. The third kappa shape index (κ3) is 3.30. The molecule has 0 aliphatic heterocycles. The highest BCUT2D eigenvalue weighted by molar-refractivity contribution is 9.09. The van der Waals surface area contributed by atoms with E-state index in [4.69, 9.17) is 0 Å². The van der Waals surface area contributed by atoms with Gasteiger partial charge < -0.3 is 0 Å². The third-order valence-corrected chi connectivity index (χ3v) is 4.50. The highest BCUT2D eigenvalue weighted by Crippen LogP contribution is 2.33. The van der Waals surface area contributed by atoms with E-state index in [-0.39, 0.29) is 11.2 Å². The van der Waals surface area contributed by atoms with E-state index in [1.165, 1.54) is 17.7 Å². The molecule has 1 unspecified atom stereocenters. The Labute approximate surface area is 100 Å². The minimum atomic E-state index is -0.163. The van der Waals surface area contributed by atoms with Gasteiger partial charge in [0.1, 0.15) is 5.82 Å². The summed E-state index contributed by atoms with van der Waals surface area (Å²) in [7, 11) is 0. The minimum Gasteiger partial charge on any atom is -0.207 e. The summed E-state index contributed by atoms with van der Waals surface area (Å²) in [5.74, 6) is 0.436. The van der Waals surface area contributed by atoms with Crippen LogP contribution in [0.3, 0.4) is 0 Å². The molecule has 0 nitrogen and oxygen atoms in total. The van der Waals surface area contributed by atoms with E-state index in [1.807, 2.05) is 12.1 Å². The Balaban J connectivity index is 2.79. The van der Waals surface area contributed by atoms with Crippen molar-refractivity contribution in [3.8, 4) is 0 Å². The summed E-state index contributed by atoms with van der Waals surface area (Å²) in [6, 6.07) is 6.81. The van der Waals surface area contributed by atoms with Gasteiger partial charge in [-0.15, -0.1) is 0 Å². The molecular weight excluding hydrogens is 255 g/mol. The number of benzene rings is 1. The predicted octanol–water partition coefficient (Wildman–Crippen LogP) is 4.43. The molecule has 0 fully saturated rings. The van der Waals surface area contributed by atoms with Crippen LogP contribution in [-0.4, -0.2) is 5.33 Å². The average Bonchev–Trinajstić information content (AvgIpc) is 2.21. The zero-order valence-corrected chi connectivity index (χ0v) is 11.1. The van der Waals surface area contributed by atoms with Gasteiger partial charge in [-0.05, 0) is 35.4 Å². The van der Waals surface area contributed by atoms with Crippen molar-refractivity contribution in [2.75, 3.05) is 5.33 Å². The Kier molecular flexibility index (Phi) is 4.32. The van der Waals surface area contributed by atoms with Crippen LogP contribution in [0.15, 0.2) is 24.3 Å². The van der Waals surface area contributed by atoms with E-state index in [0.717, 1.165) is 11.8 Å². The second-order valence-corrected chi connectivity index (χ2v) is 5.31. The molecular formula is C13H18BrF. The molecule has 0 spiro atoms. The first-order valence-corrected chi connectivity index (χ1v) is 6.40. The Morgan fingerprint density at radius 2 is 1.80 bits per heavy atom. The summed E-state index contributed by atoms with van der Waals surface area (Å²) < 4.78 is 12.8. The fraction of sp³-hybridized carbons (Fsp3) is 0.538. The van der Waals surface area contributed by atoms with E-state index in [2.05, 4.69) is 36.7 Å². The smallest absolute Gasteiger partial charge is 0.123 e. The van der Waals surface area contributed by atoms with Crippen molar-refractivity contribution in [2.24, 2.45) is 11.3 Å². The van der Waals surface area contributed by atoms with Gasteiger partial charge in [0.05, 0.1) is 0 Å². The summed E-state index contributed by atoms with van der Waals surface area (Å²) >= 11 is 3.57. The highest BCUT2D eigenvalue weighted by Gasteiger charge is 2.27. The molecule has 0 bridgehead atoms. The molecule has 0 aliphatic carbocycles. The van der Waals surface area contributed by atoms with Crippen LogP contribution in [0.4, 0.5) is 4.39 Å². The van der Waals surface area contributed by atoms with E-state index >= 15 is 0 Å². The lowest BCUT2D eigenvalue weighted by Gasteiger charge is -2.32. The lowest BCUT2D eigenvalue weighted by atomic mass is 9.76. The van der Waals surface area contributed by atoms with Gasteiger partial charge in [-0.3, -0.25) is 0 Å². The Morgan fingerprint density at radius 1 is 1.27 bits per heavy atom. The van der Waals surface area contributed by atoms with Gasteiger partial charge in [0, 0.05) is 5.33 Å². The van der Waals surface area contributed by atoms with Crippen LogP contribution >= 0.6 is 15.9 Å². The van der Waals surface area contributed by atoms with Crippen molar-refractivity contribution in [1.29, 1.82) is 0 Å². The number of hydrogen-bond acceptors (Lipinski definition) is 0. The maximum absolute atomic E-state index is 12.8. The molecule has 1 rings (SSSR count). The molecule has 0 aromatic heterocycles. The summed E-state index contributed by atoms with van der Waals surface area (Å²) in [4.78, 5) is 0. The summed E-state index contributed by atoms with van der Waals surface area (Å²) in [5, 5.41) is 0.967. The molecule has 1 aromatic carbocycles. The van der Waals surface area contributed by atoms with Crippen molar-refractivity contribution < 1.29 is 4.39 Å². The monoisotopic (exact) mass is 272 g/mol. The predicted molar refractivity (Wildman–Crippen MR) is 66.8 cm³/mol. The first-order chi connectivity index (χ1) is 6.98. The normalized spacial score (nSPS) is 15.3. The molecule has 0 heterocycles. The molecule has 0 saturated carbocycles. The first-order valence-electron chi connectivity index (χ1n) is 5.28. The van der Waals surface area contributed by atoms with Gasteiger partial charge in [0.25, 0.3) is 0 Å². The van der Waals surface area contributed by atoms with Gasteiger partial charge in [-0.25, -0.2) is 4.39 Å². The summed E-state index contributed by atoms with van der Waals surface area (Å²) in [6.45, 7) is 6.71. The molecule has 0 aliphatic rings. The fourth-order valence-corrected chi connectivity index (χ4v) is 2.32. The van der Waals surface area contributed by atoms with Gasteiger partial charge in [0.15, 0.2) is 0 Å². The van der Waals surface area contributed by atoms with Gasteiger partial charge >= 0.3 is 0 Å². The van der Waals surface area contributed by atoms with E-state index in [1.54, 1.807) is 0 Å². The average molecular weight is 273 g/mol. The number of rotatable bonds is 4. The van der Waals surface area contributed by atoms with Crippen LogP contribution < -0.4 is 0 Å². The SMILES string of the molecule is CC(C)C(C)(CBr)Cc1ccc(F)cc1. The zero-order valence-electron chi connectivity index (χ0n) is 9.56. The molecule has 0 N–H and O–H groups in total.